The predicted octanol–water partition coefficient (Wildman–Crippen LogP) is 5.08. The van der Waals surface area contributed by atoms with Crippen LogP contribution in [0.3, 0.4) is 0 Å². The van der Waals surface area contributed by atoms with Gasteiger partial charge in [-0.15, -0.1) is 11.3 Å². The lowest BCUT2D eigenvalue weighted by atomic mass is 10.0. The maximum atomic E-state index is 6.17. The maximum Gasteiger partial charge on any atom is 0.171 e. The van der Waals surface area contributed by atoms with E-state index in [1.54, 1.807) is 11.3 Å². The fourth-order valence-electron chi connectivity index (χ4n) is 2.66. The predicted molar refractivity (Wildman–Crippen MR) is 80.9 cm³/mol. The summed E-state index contributed by atoms with van der Waals surface area (Å²) in [5.41, 5.74) is 1.12. The average Bonchev–Trinajstić information content (AvgIpc) is 3.09. The molecule has 4 heteroatoms. The summed E-state index contributed by atoms with van der Waals surface area (Å²) in [7, 11) is 0. The number of rotatable bonds is 3. The van der Waals surface area contributed by atoms with E-state index in [2.05, 4.69) is 24.0 Å². The van der Waals surface area contributed by atoms with Gasteiger partial charge < -0.3 is 0 Å². The molecule has 0 spiro atoms. The van der Waals surface area contributed by atoms with Crippen molar-refractivity contribution >= 4 is 22.9 Å². The molecule has 2 nitrogen and oxygen atoms in total. The molecule has 2 aromatic heterocycles. The minimum atomic E-state index is 0.568. The van der Waals surface area contributed by atoms with E-state index in [9.17, 15) is 0 Å². The van der Waals surface area contributed by atoms with Crippen molar-refractivity contribution in [2.75, 3.05) is 0 Å². The first-order valence-electron chi connectivity index (χ1n) is 6.90. The van der Waals surface area contributed by atoms with Gasteiger partial charge in [0, 0.05) is 16.5 Å². The fraction of sp³-hybridized carbons (Fsp3) is 0.467. The Morgan fingerprint density at radius 1 is 1.26 bits per heavy atom. The van der Waals surface area contributed by atoms with Gasteiger partial charge in [-0.1, -0.05) is 31.4 Å². The van der Waals surface area contributed by atoms with Crippen molar-refractivity contribution in [3.05, 3.63) is 33.9 Å². The highest BCUT2D eigenvalue weighted by Crippen LogP contribution is 2.35. The SMILES string of the molecule is CCc1ccc(-c2nc(Cl)cc(C3CCCC3)n2)s1. The van der Waals surface area contributed by atoms with Gasteiger partial charge >= 0.3 is 0 Å². The highest BCUT2D eigenvalue weighted by atomic mass is 35.5. The fourth-order valence-corrected chi connectivity index (χ4v) is 3.74. The first kappa shape index (κ1) is 13.1. The Hall–Kier alpha value is -0.930. The number of aromatic nitrogens is 2. The number of thiophene rings is 1. The van der Waals surface area contributed by atoms with E-state index in [1.165, 1.54) is 30.6 Å². The Kier molecular flexibility index (Phi) is 3.85. The number of aryl methyl sites for hydroxylation is 1. The van der Waals surface area contributed by atoms with Crippen molar-refractivity contribution in [3.8, 4) is 10.7 Å². The molecule has 0 saturated heterocycles. The molecule has 2 heterocycles. The zero-order chi connectivity index (χ0) is 13.2. The third-order valence-corrected chi connectivity index (χ3v) is 5.14. The Bertz CT molecular complexity index is 573. The highest BCUT2D eigenvalue weighted by molar-refractivity contribution is 7.15. The molecular weight excluding hydrogens is 276 g/mol. The molecule has 2 aromatic rings. The van der Waals surface area contributed by atoms with Crippen LogP contribution in [0.2, 0.25) is 5.15 Å². The lowest BCUT2D eigenvalue weighted by molar-refractivity contribution is 0.695. The molecule has 0 atom stereocenters. The standard InChI is InChI=1S/C15H17ClN2S/c1-2-11-7-8-13(19-11)15-17-12(9-14(16)18-15)10-5-3-4-6-10/h7-10H,2-6H2,1H3. The van der Waals surface area contributed by atoms with Gasteiger partial charge in [-0.25, -0.2) is 9.97 Å². The summed E-state index contributed by atoms with van der Waals surface area (Å²) in [5, 5.41) is 0.568. The normalized spacial score (nSPS) is 16.1. The Morgan fingerprint density at radius 2 is 2.05 bits per heavy atom. The van der Waals surface area contributed by atoms with Crippen LogP contribution in [0.4, 0.5) is 0 Å². The van der Waals surface area contributed by atoms with Crippen molar-refractivity contribution in [2.45, 2.75) is 44.9 Å². The minimum absolute atomic E-state index is 0.568. The van der Waals surface area contributed by atoms with E-state index in [4.69, 9.17) is 16.6 Å². The summed E-state index contributed by atoms with van der Waals surface area (Å²) in [4.78, 5) is 11.6. The van der Waals surface area contributed by atoms with Crippen LogP contribution in [-0.2, 0) is 6.42 Å². The van der Waals surface area contributed by atoms with E-state index in [0.29, 0.717) is 11.1 Å². The zero-order valence-corrected chi connectivity index (χ0v) is 12.6. The smallest absolute Gasteiger partial charge is 0.171 e. The molecule has 1 saturated carbocycles. The maximum absolute atomic E-state index is 6.17. The van der Waals surface area contributed by atoms with Crippen LogP contribution in [0.15, 0.2) is 18.2 Å². The quantitative estimate of drug-likeness (QED) is 0.737. The Balaban J connectivity index is 1.96. The van der Waals surface area contributed by atoms with Crippen LogP contribution >= 0.6 is 22.9 Å². The van der Waals surface area contributed by atoms with Crippen LogP contribution in [0, 0.1) is 0 Å². The van der Waals surface area contributed by atoms with E-state index < -0.39 is 0 Å². The molecule has 0 aliphatic heterocycles. The van der Waals surface area contributed by atoms with Gasteiger partial charge in [-0.05, 0) is 37.5 Å². The van der Waals surface area contributed by atoms with Crippen molar-refractivity contribution in [1.29, 1.82) is 0 Å². The van der Waals surface area contributed by atoms with E-state index in [0.717, 1.165) is 22.8 Å². The lowest BCUT2D eigenvalue weighted by Gasteiger charge is -2.09. The second-order valence-electron chi connectivity index (χ2n) is 5.04. The van der Waals surface area contributed by atoms with E-state index in [-0.39, 0.29) is 0 Å². The molecule has 0 aromatic carbocycles. The Labute approximate surface area is 122 Å². The third kappa shape index (κ3) is 2.82. The van der Waals surface area contributed by atoms with Crippen molar-refractivity contribution < 1.29 is 0 Å². The van der Waals surface area contributed by atoms with Crippen LogP contribution in [-0.4, -0.2) is 9.97 Å². The summed E-state index contributed by atoms with van der Waals surface area (Å²) in [5.74, 6) is 1.36. The molecule has 100 valence electrons. The molecule has 1 fully saturated rings. The number of halogens is 1. The van der Waals surface area contributed by atoms with Gasteiger partial charge in [0.15, 0.2) is 5.82 Å². The zero-order valence-electron chi connectivity index (χ0n) is 11.0. The van der Waals surface area contributed by atoms with Crippen molar-refractivity contribution in [1.82, 2.24) is 9.97 Å². The molecule has 0 radical (unpaired) electrons. The van der Waals surface area contributed by atoms with Gasteiger partial charge in [0.1, 0.15) is 5.15 Å². The largest absolute Gasteiger partial charge is 0.232 e. The summed E-state index contributed by atoms with van der Waals surface area (Å²) >= 11 is 7.93. The first-order chi connectivity index (χ1) is 9.26. The molecule has 0 unspecified atom stereocenters. The van der Waals surface area contributed by atoms with Gasteiger partial charge in [0.25, 0.3) is 0 Å². The first-order valence-corrected chi connectivity index (χ1v) is 8.09. The van der Waals surface area contributed by atoms with Gasteiger partial charge in [0.2, 0.25) is 0 Å². The van der Waals surface area contributed by atoms with Gasteiger partial charge in [0.05, 0.1) is 4.88 Å². The van der Waals surface area contributed by atoms with Crippen LogP contribution in [0.1, 0.15) is 49.1 Å². The third-order valence-electron chi connectivity index (χ3n) is 3.72. The van der Waals surface area contributed by atoms with Gasteiger partial charge in [-0.2, -0.15) is 0 Å². The molecule has 0 N–H and O–H groups in total. The van der Waals surface area contributed by atoms with Crippen molar-refractivity contribution in [3.63, 3.8) is 0 Å². The summed E-state index contributed by atoms with van der Waals surface area (Å²) in [6.45, 7) is 2.17. The monoisotopic (exact) mass is 292 g/mol. The van der Waals surface area contributed by atoms with E-state index >= 15 is 0 Å². The second kappa shape index (κ2) is 5.59. The molecule has 19 heavy (non-hydrogen) atoms. The second-order valence-corrected chi connectivity index (χ2v) is 6.60. The van der Waals surface area contributed by atoms with Crippen LogP contribution < -0.4 is 0 Å². The average molecular weight is 293 g/mol. The highest BCUT2D eigenvalue weighted by Gasteiger charge is 2.20. The summed E-state index contributed by atoms with van der Waals surface area (Å²) in [6, 6.07) is 6.20. The number of nitrogens with zero attached hydrogens (tertiary/aromatic N) is 2. The number of hydrogen-bond donors (Lipinski definition) is 0. The Morgan fingerprint density at radius 3 is 2.74 bits per heavy atom. The molecule has 1 aliphatic carbocycles. The molecular formula is C15H17ClN2S. The molecule has 3 rings (SSSR count). The summed E-state index contributed by atoms with van der Waals surface area (Å²) < 4.78 is 0. The van der Waals surface area contributed by atoms with Gasteiger partial charge in [-0.3, -0.25) is 0 Å². The van der Waals surface area contributed by atoms with E-state index in [1.807, 2.05) is 6.07 Å². The van der Waals surface area contributed by atoms with Crippen LogP contribution in [0.5, 0.6) is 0 Å². The number of hydrogen-bond acceptors (Lipinski definition) is 3. The summed E-state index contributed by atoms with van der Waals surface area (Å²) in [6.07, 6.45) is 6.14. The topological polar surface area (TPSA) is 25.8 Å². The lowest BCUT2D eigenvalue weighted by Crippen LogP contribution is -1.99. The molecule has 0 bridgehead atoms. The molecule has 1 aliphatic rings. The van der Waals surface area contributed by atoms with Crippen LogP contribution in [0.25, 0.3) is 10.7 Å². The minimum Gasteiger partial charge on any atom is -0.232 e. The van der Waals surface area contributed by atoms with Crippen molar-refractivity contribution in [2.24, 2.45) is 0 Å². The molecule has 0 amide bonds.